The van der Waals surface area contributed by atoms with Gasteiger partial charge in [-0.3, -0.25) is 0 Å². The molecule has 0 aliphatic carbocycles. The normalized spacial score (nSPS) is 38.2. The molecule has 1 rings (SSSR count). The van der Waals surface area contributed by atoms with Crippen LogP contribution in [0.3, 0.4) is 0 Å². The van der Waals surface area contributed by atoms with Gasteiger partial charge in [0.15, 0.2) is 0 Å². The summed E-state index contributed by atoms with van der Waals surface area (Å²) in [5.74, 6) is 1.29. The second-order valence-corrected chi connectivity index (χ2v) is 3.53. The number of thioether (sulfide) groups is 1. The SMILES string of the molecule is CCC1NC(C)CS1. The smallest absolute Gasteiger partial charge is 0.0532 e. The van der Waals surface area contributed by atoms with Crippen LogP contribution in [0.1, 0.15) is 20.3 Å². The molecule has 1 aliphatic rings. The van der Waals surface area contributed by atoms with E-state index < -0.39 is 0 Å². The second-order valence-electron chi connectivity index (χ2n) is 2.30. The topological polar surface area (TPSA) is 12.0 Å². The van der Waals surface area contributed by atoms with Crippen molar-refractivity contribution in [3.63, 3.8) is 0 Å². The molecule has 0 amide bonds. The summed E-state index contributed by atoms with van der Waals surface area (Å²) in [6, 6.07) is 0.741. The van der Waals surface area contributed by atoms with E-state index in [-0.39, 0.29) is 0 Å². The molecule has 2 unspecified atom stereocenters. The predicted octanol–water partition coefficient (Wildman–Crippen LogP) is 1.45. The Kier molecular flexibility index (Phi) is 2.20. The molecule has 8 heavy (non-hydrogen) atoms. The first-order valence-corrected chi connectivity index (χ1v) is 4.25. The van der Waals surface area contributed by atoms with Crippen LogP contribution in [-0.4, -0.2) is 17.2 Å². The van der Waals surface area contributed by atoms with Crippen LogP contribution in [0.5, 0.6) is 0 Å². The van der Waals surface area contributed by atoms with E-state index >= 15 is 0 Å². The van der Waals surface area contributed by atoms with Crippen LogP contribution >= 0.6 is 11.8 Å². The van der Waals surface area contributed by atoms with Crippen molar-refractivity contribution in [1.82, 2.24) is 5.32 Å². The number of nitrogens with one attached hydrogen (secondary N) is 1. The highest BCUT2D eigenvalue weighted by atomic mass is 32.2. The Labute approximate surface area is 55.2 Å². The fourth-order valence-electron chi connectivity index (χ4n) is 0.910. The van der Waals surface area contributed by atoms with Crippen molar-refractivity contribution in [3.05, 3.63) is 0 Å². The first-order chi connectivity index (χ1) is 3.83. The Morgan fingerprint density at radius 2 is 2.50 bits per heavy atom. The first-order valence-electron chi connectivity index (χ1n) is 3.20. The van der Waals surface area contributed by atoms with Crippen LogP contribution in [0, 0.1) is 0 Å². The first kappa shape index (κ1) is 6.43. The van der Waals surface area contributed by atoms with Crippen molar-refractivity contribution >= 4 is 11.8 Å². The van der Waals surface area contributed by atoms with E-state index in [0.29, 0.717) is 0 Å². The average molecular weight is 131 g/mol. The van der Waals surface area contributed by atoms with Gasteiger partial charge in [-0.05, 0) is 13.3 Å². The summed E-state index contributed by atoms with van der Waals surface area (Å²) in [6.07, 6.45) is 1.26. The zero-order valence-electron chi connectivity index (χ0n) is 5.48. The van der Waals surface area contributed by atoms with Gasteiger partial charge in [0.1, 0.15) is 0 Å². The third kappa shape index (κ3) is 1.39. The molecule has 0 aromatic heterocycles. The fourth-order valence-corrected chi connectivity index (χ4v) is 2.09. The fraction of sp³-hybridized carbons (Fsp3) is 1.00. The van der Waals surface area contributed by atoms with Crippen LogP contribution in [-0.2, 0) is 0 Å². The Morgan fingerprint density at radius 1 is 1.75 bits per heavy atom. The molecule has 0 aromatic carbocycles. The standard InChI is InChI=1S/C6H13NS/c1-3-6-7-5(2)4-8-6/h5-7H,3-4H2,1-2H3. The van der Waals surface area contributed by atoms with Crippen LogP contribution in [0.15, 0.2) is 0 Å². The lowest BCUT2D eigenvalue weighted by Gasteiger charge is -2.05. The van der Waals surface area contributed by atoms with Gasteiger partial charge < -0.3 is 5.32 Å². The highest BCUT2D eigenvalue weighted by Gasteiger charge is 2.17. The lowest BCUT2D eigenvalue weighted by Crippen LogP contribution is -2.26. The van der Waals surface area contributed by atoms with Gasteiger partial charge >= 0.3 is 0 Å². The summed E-state index contributed by atoms with van der Waals surface area (Å²) >= 11 is 2.04. The van der Waals surface area contributed by atoms with Crippen molar-refractivity contribution in [2.45, 2.75) is 31.7 Å². The van der Waals surface area contributed by atoms with E-state index in [4.69, 9.17) is 0 Å². The molecule has 2 heteroatoms. The Bertz CT molecular complexity index is 74.9. The van der Waals surface area contributed by atoms with Crippen LogP contribution < -0.4 is 5.32 Å². The van der Waals surface area contributed by atoms with Gasteiger partial charge in [0.2, 0.25) is 0 Å². The Morgan fingerprint density at radius 3 is 2.75 bits per heavy atom. The molecule has 48 valence electrons. The minimum absolute atomic E-state index is 0.741. The number of hydrogen-bond acceptors (Lipinski definition) is 2. The molecule has 1 N–H and O–H groups in total. The van der Waals surface area contributed by atoms with Gasteiger partial charge in [-0.2, -0.15) is 0 Å². The quantitative estimate of drug-likeness (QED) is 0.578. The van der Waals surface area contributed by atoms with E-state index in [1.54, 1.807) is 0 Å². The third-order valence-electron chi connectivity index (χ3n) is 1.39. The summed E-state index contributed by atoms with van der Waals surface area (Å²) in [6.45, 7) is 4.46. The lowest BCUT2D eigenvalue weighted by molar-refractivity contribution is 0.590. The minimum atomic E-state index is 0.741. The molecule has 1 saturated heterocycles. The molecule has 1 aliphatic heterocycles. The van der Waals surface area contributed by atoms with E-state index in [9.17, 15) is 0 Å². The molecule has 0 radical (unpaired) electrons. The third-order valence-corrected chi connectivity index (χ3v) is 2.95. The van der Waals surface area contributed by atoms with Crippen molar-refractivity contribution in [1.29, 1.82) is 0 Å². The molecule has 0 saturated carbocycles. The van der Waals surface area contributed by atoms with Gasteiger partial charge in [-0.15, -0.1) is 11.8 Å². The maximum Gasteiger partial charge on any atom is 0.0532 e. The average Bonchev–Trinajstić information content (AvgIpc) is 2.14. The summed E-state index contributed by atoms with van der Waals surface area (Å²) in [4.78, 5) is 0. The number of rotatable bonds is 1. The summed E-state index contributed by atoms with van der Waals surface area (Å²) in [5.41, 5.74) is 0. The zero-order valence-corrected chi connectivity index (χ0v) is 6.29. The second kappa shape index (κ2) is 2.74. The summed E-state index contributed by atoms with van der Waals surface area (Å²) in [5, 5.41) is 4.21. The number of hydrogen-bond donors (Lipinski definition) is 1. The summed E-state index contributed by atoms with van der Waals surface area (Å²) < 4.78 is 0. The van der Waals surface area contributed by atoms with Gasteiger partial charge in [0.25, 0.3) is 0 Å². The lowest BCUT2D eigenvalue weighted by atomic mass is 10.4. The zero-order chi connectivity index (χ0) is 5.98. The monoisotopic (exact) mass is 131 g/mol. The molecular formula is C6H13NS. The Hall–Kier alpha value is 0.310. The van der Waals surface area contributed by atoms with Crippen molar-refractivity contribution < 1.29 is 0 Å². The van der Waals surface area contributed by atoms with Gasteiger partial charge in [0.05, 0.1) is 5.37 Å². The predicted molar refractivity (Wildman–Crippen MR) is 39.1 cm³/mol. The maximum absolute atomic E-state index is 3.47. The van der Waals surface area contributed by atoms with Gasteiger partial charge in [-0.25, -0.2) is 0 Å². The molecule has 2 atom stereocenters. The van der Waals surface area contributed by atoms with Crippen LogP contribution in [0.4, 0.5) is 0 Å². The largest absolute Gasteiger partial charge is 0.302 e. The Balaban J connectivity index is 2.22. The molecular weight excluding hydrogens is 118 g/mol. The summed E-state index contributed by atoms with van der Waals surface area (Å²) in [7, 11) is 0. The highest BCUT2D eigenvalue weighted by Crippen LogP contribution is 2.19. The van der Waals surface area contributed by atoms with E-state index in [1.807, 2.05) is 11.8 Å². The highest BCUT2D eigenvalue weighted by molar-refractivity contribution is 8.00. The molecule has 1 fully saturated rings. The van der Waals surface area contributed by atoms with Crippen molar-refractivity contribution in [2.24, 2.45) is 0 Å². The van der Waals surface area contributed by atoms with Crippen LogP contribution in [0.2, 0.25) is 0 Å². The molecule has 0 spiro atoms. The van der Waals surface area contributed by atoms with Crippen LogP contribution in [0.25, 0.3) is 0 Å². The molecule has 0 bridgehead atoms. The molecule has 1 nitrogen and oxygen atoms in total. The van der Waals surface area contributed by atoms with E-state index in [1.165, 1.54) is 12.2 Å². The maximum atomic E-state index is 3.47. The molecule has 0 aromatic rings. The minimum Gasteiger partial charge on any atom is -0.302 e. The van der Waals surface area contributed by atoms with Gasteiger partial charge in [-0.1, -0.05) is 6.92 Å². The van der Waals surface area contributed by atoms with Crippen molar-refractivity contribution in [2.75, 3.05) is 5.75 Å². The molecule has 1 heterocycles. The van der Waals surface area contributed by atoms with Gasteiger partial charge in [0, 0.05) is 11.8 Å². The van der Waals surface area contributed by atoms with E-state index in [2.05, 4.69) is 19.2 Å². The van der Waals surface area contributed by atoms with Crippen molar-refractivity contribution in [3.8, 4) is 0 Å². The van der Waals surface area contributed by atoms with E-state index in [0.717, 1.165) is 11.4 Å².